The van der Waals surface area contributed by atoms with Gasteiger partial charge in [-0.25, -0.2) is 9.67 Å². The third kappa shape index (κ3) is 3.96. The Labute approximate surface area is 170 Å². The molecule has 0 bridgehead atoms. The van der Waals surface area contributed by atoms with Gasteiger partial charge in [-0.05, 0) is 24.3 Å². The molecule has 0 saturated heterocycles. The number of benzene rings is 2. The Balaban J connectivity index is 1.62. The number of amides is 1. The molecule has 0 aliphatic heterocycles. The number of anilines is 1. The molecule has 2 aromatic carbocycles. The molecular weight excluding hydrogens is 421 g/mol. The molecule has 4 rings (SSSR count). The van der Waals surface area contributed by atoms with Crippen molar-refractivity contribution in [1.29, 1.82) is 0 Å². The predicted octanol–water partition coefficient (Wildman–Crippen LogP) is 3.74. The van der Waals surface area contributed by atoms with Gasteiger partial charge in [0.1, 0.15) is 5.75 Å². The fourth-order valence-electron chi connectivity index (χ4n) is 2.84. The van der Waals surface area contributed by atoms with Crippen LogP contribution in [0.5, 0.6) is 5.75 Å². The Bertz CT molecular complexity index is 1330. The number of rotatable bonds is 4. The Kier molecular flexibility index (Phi) is 4.90. The van der Waals surface area contributed by atoms with Crippen LogP contribution in [0.1, 0.15) is 10.5 Å². The second-order valence-corrected chi connectivity index (χ2v) is 7.36. The third-order valence-corrected chi connectivity index (χ3v) is 5.09. The van der Waals surface area contributed by atoms with Gasteiger partial charge in [0.25, 0.3) is 11.5 Å². The highest BCUT2D eigenvalue weighted by Crippen LogP contribution is 2.30. The molecule has 0 saturated carbocycles. The van der Waals surface area contributed by atoms with E-state index in [4.69, 9.17) is 4.74 Å². The maximum atomic E-state index is 12.8. The Morgan fingerprint density at radius 1 is 1.20 bits per heavy atom. The molecule has 11 heteroatoms. The van der Waals surface area contributed by atoms with Gasteiger partial charge < -0.3 is 4.74 Å². The first-order valence-corrected chi connectivity index (χ1v) is 9.40. The Hall–Kier alpha value is -3.47. The summed E-state index contributed by atoms with van der Waals surface area (Å²) in [6, 6.07) is 10.9. The fourth-order valence-corrected chi connectivity index (χ4v) is 3.73. The SMILES string of the molecule is Cn1nc(C(=O)Nc2nc3ccc(OCC(F)(F)F)cc3s2)c2ccccc2c1=O. The number of hydrogen-bond donors (Lipinski definition) is 1. The van der Waals surface area contributed by atoms with E-state index in [9.17, 15) is 22.8 Å². The standard InChI is InChI=1S/C19H13F3N4O3S/c1-26-17(28)12-5-3-2-4-11(12)15(25-26)16(27)24-18-23-13-7-6-10(8-14(13)30-18)29-9-19(20,21)22/h2-8H,9H2,1H3,(H,23,24,27). The number of ether oxygens (including phenoxy) is 1. The number of carbonyl (C=O) groups excluding carboxylic acids is 1. The molecule has 4 aromatic rings. The van der Waals surface area contributed by atoms with Gasteiger partial charge in [0, 0.05) is 12.4 Å². The average molecular weight is 434 g/mol. The highest BCUT2D eigenvalue weighted by atomic mass is 32.1. The van der Waals surface area contributed by atoms with Crippen molar-refractivity contribution in [1.82, 2.24) is 14.8 Å². The maximum absolute atomic E-state index is 12.8. The van der Waals surface area contributed by atoms with E-state index in [0.29, 0.717) is 21.0 Å². The molecule has 1 N–H and O–H groups in total. The Morgan fingerprint density at radius 2 is 1.93 bits per heavy atom. The van der Waals surface area contributed by atoms with Gasteiger partial charge in [0.2, 0.25) is 0 Å². The van der Waals surface area contributed by atoms with Crippen LogP contribution >= 0.6 is 11.3 Å². The highest BCUT2D eigenvalue weighted by Gasteiger charge is 2.28. The summed E-state index contributed by atoms with van der Waals surface area (Å²) < 4.78 is 43.3. The second-order valence-electron chi connectivity index (χ2n) is 6.33. The molecular formula is C19H13F3N4O3S. The second kappa shape index (κ2) is 7.41. The molecule has 0 aliphatic carbocycles. The van der Waals surface area contributed by atoms with Gasteiger partial charge >= 0.3 is 6.18 Å². The first-order chi connectivity index (χ1) is 14.2. The van der Waals surface area contributed by atoms with E-state index in [-0.39, 0.29) is 22.1 Å². The summed E-state index contributed by atoms with van der Waals surface area (Å²) in [5.41, 5.74) is 0.225. The minimum atomic E-state index is -4.44. The first kappa shape index (κ1) is 19.8. The van der Waals surface area contributed by atoms with Crippen LogP contribution < -0.4 is 15.6 Å². The molecule has 7 nitrogen and oxygen atoms in total. The largest absolute Gasteiger partial charge is 0.484 e. The van der Waals surface area contributed by atoms with E-state index in [1.165, 1.54) is 25.2 Å². The van der Waals surface area contributed by atoms with Crippen LogP contribution in [0.2, 0.25) is 0 Å². The van der Waals surface area contributed by atoms with E-state index < -0.39 is 18.7 Å². The van der Waals surface area contributed by atoms with Gasteiger partial charge in [-0.3, -0.25) is 14.9 Å². The number of nitrogens with one attached hydrogen (secondary N) is 1. The number of hydrogen-bond acceptors (Lipinski definition) is 6. The minimum absolute atomic E-state index is 0.0482. The molecule has 154 valence electrons. The van der Waals surface area contributed by atoms with Gasteiger partial charge in [-0.15, -0.1) is 0 Å². The number of alkyl halides is 3. The molecule has 1 amide bonds. The summed E-state index contributed by atoms with van der Waals surface area (Å²) in [5, 5.41) is 7.69. The molecule has 2 heterocycles. The van der Waals surface area contributed by atoms with Crippen LogP contribution in [-0.2, 0) is 7.05 Å². The normalized spacial score (nSPS) is 11.7. The number of nitrogens with zero attached hydrogens (tertiary/aromatic N) is 3. The monoisotopic (exact) mass is 434 g/mol. The van der Waals surface area contributed by atoms with Crippen LogP contribution in [0.4, 0.5) is 18.3 Å². The van der Waals surface area contributed by atoms with Gasteiger partial charge in [0.15, 0.2) is 17.4 Å². The van der Waals surface area contributed by atoms with Crippen molar-refractivity contribution in [3.63, 3.8) is 0 Å². The predicted molar refractivity (Wildman–Crippen MR) is 106 cm³/mol. The van der Waals surface area contributed by atoms with Crippen LogP contribution in [-0.4, -0.2) is 33.5 Å². The van der Waals surface area contributed by atoms with Gasteiger partial charge in [-0.2, -0.15) is 18.3 Å². The lowest BCUT2D eigenvalue weighted by molar-refractivity contribution is -0.153. The smallest absolute Gasteiger partial charge is 0.422 e. The van der Waals surface area contributed by atoms with E-state index in [2.05, 4.69) is 15.4 Å². The molecule has 0 spiro atoms. The topological polar surface area (TPSA) is 86.1 Å². The van der Waals surface area contributed by atoms with E-state index in [1.807, 2.05) is 0 Å². The van der Waals surface area contributed by atoms with Crippen LogP contribution in [0.15, 0.2) is 47.3 Å². The molecule has 2 aromatic heterocycles. The number of fused-ring (bicyclic) bond motifs is 2. The zero-order chi connectivity index (χ0) is 21.5. The number of thiazole rings is 1. The molecule has 0 fully saturated rings. The quantitative estimate of drug-likeness (QED) is 0.529. The van der Waals surface area contributed by atoms with Gasteiger partial charge in [0.05, 0.1) is 15.6 Å². The zero-order valence-electron chi connectivity index (χ0n) is 15.4. The molecule has 0 unspecified atom stereocenters. The first-order valence-electron chi connectivity index (χ1n) is 8.59. The van der Waals surface area contributed by atoms with Crippen LogP contribution in [0.25, 0.3) is 21.0 Å². The minimum Gasteiger partial charge on any atom is -0.484 e. The van der Waals surface area contributed by atoms with E-state index >= 15 is 0 Å². The van der Waals surface area contributed by atoms with Crippen molar-refractivity contribution in [3.05, 3.63) is 58.5 Å². The zero-order valence-corrected chi connectivity index (χ0v) is 16.2. The van der Waals surface area contributed by atoms with E-state index in [1.54, 1.807) is 24.3 Å². The third-order valence-electron chi connectivity index (χ3n) is 4.15. The number of aromatic nitrogens is 3. The number of halogens is 3. The summed E-state index contributed by atoms with van der Waals surface area (Å²) >= 11 is 1.08. The van der Waals surface area contributed by atoms with Crippen molar-refractivity contribution in [3.8, 4) is 5.75 Å². The molecule has 0 aliphatic rings. The lowest BCUT2D eigenvalue weighted by Gasteiger charge is -2.08. The van der Waals surface area contributed by atoms with Crippen molar-refractivity contribution >= 4 is 43.4 Å². The summed E-state index contributed by atoms with van der Waals surface area (Å²) in [4.78, 5) is 29.2. The molecule has 0 atom stereocenters. The average Bonchev–Trinajstić information content (AvgIpc) is 3.10. The maximum Gasteiger partial charge on any atom is 0.422 e. The van der Waals surface area contributed by atoms with Gasteiger partial charge in [-0.1, -0.05) is 29.5 Å². The van der Waals surface area contributed by atoms with E-state index in [0.717, 1.165) is 16.0 Å². The van der Waals surface area contributed by atoms with Crippen molar-refractivity contribution < 1.29 is 22.7 Å². The van der Waals surface area contributed by atoms with Crippen LogP contribution in [0.3, 0.4) is 0 Å². The Morgan fingerprint density at radius 3 is 2.67 bits per heavy atom. The molecule has 30 heavy (non-hydrogen) atoms. The summed E-state index contributed by atoms with van der Waals surface area (Å²) in [6.45, 7) is -1.40. The molecule has 0 radical (unpaired) electrons. The van der Waals surface area contributed by atoms with Crippen molar-refractivity contribution in [2.75, 3.05) is 11.9 Å². The fraction of sp³-hybridized carbons (Fsp3) is 0.158. The summed E-state index contributed by atoms with van der Waals surface area (Å²) in [6.07, 6.45) is -4.44. The van der Waals surface area contributed by atoms with Crippen molar-refractivity contribution in [2.24, 2.45) is 7.05 Å². The summed E-state index contributed by atoms with van der Waals surface area (Å²) in [7, 11) is 1.45. The number of aryl methyl sites for hydroxylation is 1. The number of carbonyl (C=O) groups is 1. The summed E-state index contributed by atoms with van der Waals surface area (Å²) in [5.74, 6) is -0.513. The lowest BCUT2D eigenvalue weighted by Crippen LogP contribution is -2.25. The highest BCUT2D eigenvalue weighted by molar-refractivity contribution is 7.22. The van der Waals surface area contributed by atoms with Crippen molar-refractivity contribution in [2.45, 2.75) is 6.18 Å². The lowest BCUT2D eigenvalue weighted by atomic mass is 10.1. The van der Waals surface area contributed by atoms with Crippen LogP contribution in [0, 0.1) is 0 Å².